The number of aromatic nitrogens is 1. The van der Waals surface area contributed by atoms with Crippen LogP contribution >= 0.6 is 0 Å². The van der Waals surface area contributed by atoms with Gasteiger partial charge in [0.05, 0.1) is 5.52 Å². The minimum atomic E-state index is 0.735. The number of nitrogens with zero attached hydrogens (tertiary/aromatic N) is 3. The summed E-state index contributed by atoms with van der Waals surface area (Å²) in [5.74, 6) is 0.735. The molecule has 2 heterocycles. The van der Waals surface area contributed by atoms with E-state index < -0.39 is 0 Å². The highest BCUT2D eigenvalue weighted by molar-refractivity contribution is 5.81. The third-order valence-corrected chi connectivity index (χ3v) is 5.16. The molecule has 3 heteroatoms. The monoisotopic (exact) mass is 331 g/mol. The standard InChI is InChI=1S/C22H25N3/c1-24(17-19-11-13-23-22-10-6-5-9-21(19)22)15-18-12-14-25(16-18)20-7-3-2-4-8-20/h2-11,13,18H,12,14-17H2,1H3/t18-/m1/s1. The lowest BCUT2D eigenvalue weighted by atomic mass is 10.1. The summed E-state index contributed by atoms with van der Waals surface area (Å²) in [6.07, 6.45) is 3.20. The van der Waals surface area contributed by atoms with Crippen LogP contribution in [0.3, 0.4) is 0 Å². The number of rotatable bonds is 5. The molecule has 128 valence electrons. The van der Waals surface area contributed by atoms with E-state index >= 15 is 0 Å². The van der Waals surface area contributed by atoms with Gasteiger partial charge >= 0.3 is 0 Å². The molecule has 4 rings (SSSR count). The maximum Gasteiger partial charge on any atom is 0.0705 e. The minimum absolute atomic E-state index is 0.735. The average Bonchev–Trinajstić information content (AvgIpc) is 3.11. The van der Waals surface area contributed by atoms with Crippen molar-refractivity contribution < 1.29 is 0 Å². The van der Waals surface area contributed by atoms with Crippen molar-refractivity contribution in [2.45, 2.75) is 13.0 Å². The van der Waals surface area contributed by atoms with Gasteiger partial charge in [-0.25, -0.2) is 0 Å². The average molecular weight is 331 g/mol. The van der Waals surface area contributed by atoms with E-state index in [0.717, 1.165) is 31.1 Å². The van der Waals surface area contributed by atoms with Crippen LogP contribution < -0.4 is 4.90 Å². The van der Waals surface area contributed by atoms with E-state index in [9.17, 15) is 0 Å². The van der Waals surface area contributed by atoms with E-state index in [1.807, 2.05) is 6.20 Å². The van der Waals surface area contributed by atoms with Crippen LogP contribution in [0.1, 0.15) is 12.0 Å². The molecule has 1 aliphatic rings. The first-order valence-corrected chi connectivity index (χ1v) is 9.11. The summed E-state index contributed by atoms with van der Waals surface area (Å²) in [4.78, 5) is 9.44. The van der Waals surface area contributed by atoms with E-state index in [1.165, 1.54) is 29.6 Å². The molecule has 3 aromatic rings. The quantitative estimate of drug-likeness (QED) is 0.699. The predicted molar refractivity (Wildman–Crippen MR) is 105 cm³/mol. The van der Waals surface area contributed by atoms with Gasteiger partial charge in [-0.15, -0.1) is 0 Å². The third-order valence-electron chi connectivity index (χ3n) is 5.16. The second-order valence-corrected chi connectivity index (χ2v) is 7.12. The van der Waals surface area contributed by atoms with Crippen LogP contribution in [-0.4, -0.2) is 36.6 Å². The molecular formula is C22H25N3. The van der Waals surface area contributed by atoms with Gasteiger partial charge in [-0.05, 0) is 49.2 Å². The Morgan fingerprint density at radius 3 is 2.72 bits per heavy atom. The topological polar surface area (TPSA) is 19.4 Å². The Morgan fingerprint density at radius 2 is 1.84 bits per heavy atom. The molecule has 0 radical (unpaired) electrons. The molecular weight excluding hydrogens is 306 g/mol. The summed E-state index contributed by atoms with van der Waals surface area (Å²) in [6, 6.07) is 21.4. The Balaban J connectivity index is 1.39. The highest BCUT2D eigenvalue weighted by atomic mass is 15.2. The zero-order valence-electron chi connectivity index (χ0n) is 14.8. The van der Waals surface area contributed by atoms with Crippen molar-refractivity contribution in [1.82, 2.24) is 9.88 Å². The van der Waals surface area contributed by atoms with Gasteiger partial charge in [-0.3, -0.25) is 4.98 Å². The molecule has 1 atom stereocenters. The van der Waals surface area contributed by atoms with Crippen molar-refractivity contribution in [3.05, 3.63) is 72.4 Å². The van der Waals surface area contributed by atoms with Gasteiger partial charge in [-0.2, -0.15) is 0 Å². The van der Waals surface area contributed by atoms with Crippen molar-refractivity contribution in [1.29, 1.82) is 0 Å². The molecule has 25 heavy (non-hydrogen) atoms. The first kappa shape index (κ1) is 16.1. The minimum Gasteiger partial charge on any atom is -0.371 e. The number of pyridine rings is 1. The highest BCUT2D eigenvalue weighted by Crippen LogP contribution is 2.25. The summed E-state index contributed by atoms with van der Waals surface area (Å²) in [7, 11) is 2.24. The maximum atomic E-state index is 4.47. The van der Waals surface area contributed by atoms with Gasteiger partial charge in [0.25, 0.3) is 0 Å². The predicted octanol–water partition coefficient (Wildman–Crippen LogP) is 4.19. The molecule has 0 spiro atoms. The number of benzene rings is 2. The van der Waals surface area contributed by atoms with Gasteiger partial charge in [0, 0.05) is 43.4 Å². The van der Waals surface area contributed by atoms with Crippen molar-refractivity contribution in [3.63, 3.8) is 0 Å². The van der Waals surface area contributed by atoms with Crippen LogP contribution in [0.4, 0.5) is 5.69 Å². The second-order valence-electron chi connectivity index (χ2n) is 7.12. The number of para-hydroxylation sites is 2. The van der Waals surface area contributed by atoms with Gasteiger partial charge in [0.1, 0.15) is 0 Å². The van der Waals surface area contributed by atoms with E-state index in [0.29, 0.717) is 0 Å². The SMILES string of the molecule is CN(Cc1ccnc2ccccc12)C[C@H]1CCN(c2ccccc2)C1. The van der Waals surface area contributed by atoms with Crippen LogP contribution in [-0.2, 0) is 6.54 Å². The molecule has 1 aromatic heterocycles. The Labute approximate surface area is 149 Å². The van der Waals surface area contributed by atoms with Gasteiger partial charge in [-0.1, -0.05) is 36.4 Å². The van der Waals surface area contributed by atoms with Crippen molar-refractivity contribution in [2.75, 3.05) is 31.6 Å². The Kier molecular flexibility index (Phi) is 4.66. The van der Waals surface area contributed by atoms with E-state index in [2.05, 4.69) is 82.5 Å². The largest absolute Gasteiger partial charge is 0.371 e. The Hall–Kier alpha value is -2.39. The van der Waals surface area contributed by atoms with Crippen LogP contribution in [0, 0.1) is 5.92 Å². The Bertz CT molecular complexity index is 826. The fourth-order valence-corrected chi connectivity index (χ4v) is 3.94. The fourth-order valence-electron chi connectivity index (χ4n) is 3.94. The zero-order chi connectivity index (χ0) is 17.1. The molecule has 0 aliphatic carbocycles. The molecule has 3 nitrogen and oxygen atoms in total. The molecule has 1 aliphatic heterocycles. The lowest BCUT2D eigenvalue weighted by molar-refractivity contribution is 0.280. The van der Waals surface area contributed by atoms with E-state index in [1.54, 1.807) is 0 Å². The summed E-state index contributed by atoms with van der Waals surface area (Å²) in [5.41, 5.74) is 3.81. The van der Waals surface area contributed by atoms with E-state index in [4.69, 9.17) is 0 Å². The molecule has 0 N–H and O–H groups in total. The molecule has 0 unspecified atom stereocenters. The molecule has 0 bridgehead atoms. The van der Waals surface area contributed by atoms with Crippen LogP contribution in [0.2, 0.25) is 0 Å². The van der Waals surface area contributed by atoms with Crippen molar-refractivity contribution in [2.24, 2.45) is 5.92 Å². The molecule has 0 saturated carbocycles. The van der Waals surface area contributed by atoms with Gasteiger partial charge in [0.15, 0.2) is 0 Å². The lowest BCUT2D eigenvalue weighted by Crippen LogP contribution is -2.28. The van der Waals surface area contributed by atoms with Crippen molar-refractivity contribution in [3.8, 4) is 0 Å². The van der Waals surface area contributed by atoms with Crippen molar-refractivity contribution >= 4 is 16.6 Å². The maximum absolute atomic E-state index is 4.47. The van der Waals surface area contributed by atoms with Gasteiger partial charge < -0.3 is 9.80 Å². The molecule has 1 saturated heterocycles. The van der Waals surface area contributed by atoms with Crippen LogP contribution in [0.25, 0.3) is 10.9 Å². The highest BCUT2D eigenvalue weighted by Gasteiger charge is 2.23. The number of hydrogen-bond donors (Lipinski definition) is 0. The van der Waals surface area contributed by atoms with Crippen LogP contribution in [0.15, 0.2) is 66.9 Å². The number of anilines is 1. The normalized spacial score (nSPS) is 17.5. The summed E-state index contributed by atoms with van der Waals surface area (Å²) in [5, 5.41) is 1.27. The van der Waals surface area contributed by atoms with E-state index in [-0.39, 0.29) is 0 Å². The Morgan fingerprint density at radius 1 is 1.04 bits per heavy atom. The number of fused-ring (bicyclic) bond motifs is 1. The first-order valence-electron chi connectivity index (χ1n) is 9.11. The molecule has 1 fully saturated rings. The van der Waals surface area contributed by atoms with Gasteiger partial charge in [0.2, 0.25) is 0 Å². The third kappa shape index (κ3) is 3.67. The lowest BCUT2D eigenvalue weighted by Gasteiger charge is -2.23. The smallest absolute Gasteiger partial charge is 0.0705 e. The number of hydrogen-bond acceptors (Lipinski definition) is 3. The fraction of sp³-hybridized carbons (Fsp3) is 0.318. The van der Waals surface area contributed by atoms with Crippen LogP contribution in [0.5, 0.6) is 0 Å². The molecule has 0 amide bonds. The summed E-state index contributed by atoms with van der Waals surface area (Å²) in [6.45, 7) is 4.44. The second kappa shape index (κ2) is 7.24. The zero-order valence-corrected chi connectivity index (χ0v) is 14.8. The summed E-state index contributed by atoms with van der Waals surface area (Å²) >= 11 is 0. The first-order chi connectivity index (χ1) is 12.3. The molecule has 2 aromatic carbocycles. The summed E-state index contributed by atoms with van der Waals surface area (Å²) < 4.78 is 0.